The van der Waals surface area contributed by atoms with Crippen molar-refractivity contribution >= 4 is 23.7 Å². The van der Waals surface area contributed by atoms with E-state index in [1.807, 2.05) is 0 Å². The number of imide groups is 1. The van der Waals surface area contributed by atoms with Gasteiger partial charge >= 0.3 is 12.1 Å². The highest BCUT2D eigenvalue weighted by atomic mass is 16.7. The molecule has 3 heterocycles. The molecule has 0 aromatic heterocycles. The van der Waals surface area contributed by atoms with Gasteiger partial charge in [-0.2, -0.15) is 0 Å². The number of rotatable bonds is 3. The first kappa shape index (κ1) is 14.6. The van der Waals surface area contributed by atoms with Crippen molar-refractivity contribution in [3.63, 3.8) is 0 Å². The van der Waals surface area contributed by atoms with Crippen molar-refractivity contribution in [2.24, 2.45) is 5.92 Å². The minimum absolute atomic E-state index is 0.0714. The Morgan fingerprint density at radius 2 is 1.96 bits per heavy atom. The molecule has 24 heavy (non-hydrogen) atoms. The number of nitrogens with one attached hydrogen (secondary N) is 1. The van der Waals surface area contributed by atoms with E-state index in [4.69, 9.17) is 9.47 Å². The smallest absolute Gasteiger partial charge is 0.417 e. The van der Waals surface area contributed by atoms with Gasteiger partial charge in [0.2, 0.25) is 6.79 Å². The van der Waals surface area contributed by atoms with Crippen molar-refractivity contribution in [1.82, 2.24) is 9.80 Å². The molecule has 2 fully saturated rings. The summed E-state index contributed by atoms with van der Waals surface area (Å²) in [4.78, 5) is 37.7. The average Bonchev–Trinajstić information content (AvgIpc) is 3.10. The number of likely N-dealkylation sites (tertiary alicyclic amines) is 1. The molecule has 0 spiro atoms. The fourth-order valence-electron chi connectivity index (χ4n) is 2.84. The summed E-state index contributed by atoms with van der Waals surface area (Å²) in [5.74, 6) is 0.991. The molecule has 1 aromatic carbocycles. The molecule has 9 nitrogen and oxygen atoms in total. The van der Waals surface area contributed by atoms with Gasteiger partial charge in [0.15, 0.2) is 18.1 Å². The molecule has 126 valence electrons. The van der Waals surface area contributed by atoms with E-state index in [1.54, 1.807) is 23.1 Å². The Hall–Kier alpha value is -2.97. The molecular formula is C15H15N3O6. The van der Waals surface area contributed by atoms with Crippen LogP contribution >= 0.6 is 0 Å². The average molecular weight is 333 g/mol. The molecule has 3 aliphatic heterocycles. The fourth-order valence-corrected chi connectivity index (χ4v) is 2.84. The Balaban J connectivity index is 1.28. The third-order valence-corrected chi connectivity index (χ3v) is 4.15. The zero-order valence-electron chi connectivity index (χ0n) is 12.7. The van der Waals surface area contributed by atoms with E-state index in [0.29, 0.717) is 30.3 Å². The predicted molar refractivity (Wildman–Crippen MR) is 79.7 cm³/mol. The molecule has 0 unspecified atom stereocenters. The number of amides is 4. The van der Waals surface area contributed by atoms with Crippen molar-refractivity contribution in [1.29, 1.82) is 0 Å². The zero-order valence-corrected chi connectivity index (χ0v) is 12.7. The van der Waals surface area contributed by atoms with Crippen molar-refractivity contribution < 1.29 is 28.6 Å². The number of carbonyl (C=O) groups is 3. The minimum Gasteiger partial charge on any atom is -0.454 e. The monoisotopic (exact) mass is 333 g/mol. The van der Waals surface area contributed by atoms with E-state index in [2.05, 4.69) is 10.1 Å². The van der Waals surface area contributed by atoms with E-state index in [0.717, 1.165) is 4.90 Å². The molecule has 0 saturated carbocycles. The molecule has 0 atom stereocenters. The van der Waals surface area contributed by atoms with E-state index < -0.39 is 6.09 Å². The lowest BCUT2D eigenvalue weighted by Crippen LogP contribution is -2.55. The summed E-state index contributed by atoms with van der Waals surface area (Å²) in [5, 5.41) is 2.78. The topological polar surface area (TPSA) is 97.4 Å². The summed E-state index contributed by atoms with van der Waals surface area (Å²) < 4.78 is 15.1. The van der Waals surface area contributed by atoms with Crippen LogP contribution in [0.1, 0.15) is 0 Å². The quantitative estimate of drug-likeness (QED) is 0.881. The summed E-state index contributed by atoms with van der Waals surface area (Å²) >= 11 is 0. The number of ether oxygens (including phenoxy) is 3. The van der Waals surface area contributed by atoms with Gasteiger partial charge in [0.1, 0.15) is 0 Å². The van der Waals surface area contributed by atoms with Gasteiger partial charge in [0.25, 0.3) is 5.91 Å². The van der Waals surface area contributed by atoms with Crippen LogP contribution in [0.15, 0.2) is 18.2 Å². The molecule has 4 amide bonds. The maximum atomic E-state index is 12.2. The van der Waals surface area contributed by atoms with Gasteiger partial charge in [-0.1, -0.05) is 0 Å². The van der Waals surface area contributed by atoms with E-state index in [9.17, 15) is 14.4 Å². The molecule has 2 saturated heterocycles. The Morgan fingerprint density at radius 1 is 1.17 bits per heavy atom. The second-order valence-corrected chi connectivity index (χ2v) is 5.83. The number of hydrogen-bond acceptors (Lipinski definition) is 6. The lowest BCUT2D eigenvalue weighted by Gasteiger charge is -2.40. The van der Waals surface area contributed by atoms with Crippen LogP contribution in [-0.2, 0) is 9.53 Å². The standard InChI is InChI=1S/C15H15N3O6/c19-13-7-22-15(21)18(13)6-9-4-17(5-9)14(20)16-10-1-2-11-12(3-10)24-8-23-11/h1-3,9H,4-8H2,(H,16,20). The van der Waals surface area contributed by atoms with Crippen LogP contribution < -0.4 is 14.8 Å². The van der Waals surface area contributed by atoms with Gasteiger partial charge < -0.3 is 24.4 Å². The molecule has 1 aromatic rings. The number of carbonyl (C=O) groups excluding carboxylic acids is 3. The number of anilines is 1. The summed E-state index contributed by atoms with van der Waals surface area (Å²) in [5.41, 5.74) is 0.617. The van der Waals surface area contributed by atoms with Crippen LogP contribution in [-0.4, -0.2) is 60.9 Å². The molecule has 0 aliphatic carbocycles. The summed E-state index contributed by atoms with van der Waals surface area (Å²) in [6.45, 7) is 1.23. The van der Waals surface area contributed by atoms with Crippen molar-refractivity contribution in [3.05, 3.63) is 18.2 Å². The maximum absolute atomic E-state index is 12.2. The third-order valence-electron chi connectivity index (χ3n) is 4.15. The van der Waals surface area contributed by atoms with Gasteiger partial charge in [-0.3, -0.25) is 4.79 Å². The number of urea groups is 1. The number of cyclic esters (lactones) is 1. The Bertz CT molecular complexity index is 699. The van der Waals surface area contributed by atoms with Crippen LogP contribution in [0.2, 0.25) is 0 Å². The Morgan fingerprint density at radius 3 is 2.71 bits per heavy atom. The van der Waals surface area contributed by atoms with Gasteiger partial charge in [-0.25, -0.2) is 14.5 Å². The second kappa shape index (κ2) is 5.59. The van der Waals surface area contributed by atoms with Crippen molar-refractivity contribution in [2.75, 3.05) is 38.4 Å². The molecular weight excluding hydrogens is 318 g/mol. The molecule has 4 rings (SSSR count). The van der Waals surface area contributed by atoms with Crippen LogP contribution in [0, 0.1) is 5.92 Å². The van der Waals surface area contributed by atoms with Crippen LogP contribution in [0.3, 0.4) is 0 Å². The van der Waals surface area contributed by atoms with Gasteiger partial charge in [-0.05, 0) is 12.1 Å². The fraction of sp³-hybridized carbons (Fsp3) is 0.400. The normalized spacial score (nSPS) is 19.3. The number of fused-ring (bicyclic) bond motifs is 1. The van der Waals surface area contributed by atoms with Gasteiger partial charge in [0, 0.05) is 37.3 Å². The highest BCUT2D eigenvalue weighted by molar-refractivity contribution is 5.97. The third kappa shape index (κ3) is 2.57. The zero-order chi connectivity index (χ0) is 16.7. The Labute approximate surface area is 137 Å². The summed E-state index contributed by atoms with van der Waals surface area (Å²) in [7, 11) is 0. The SMILES string of the molecule is O=C(Nc1ccc2c(c1)OCO2)N1CC(CN2C(=O)COC2=O)C1. The second-order valence-electron chi connectivity index (χ2n) is 5.83. The summed E-state index contributed by atoms with van der Waals surface area (Å²) in [6.07, 6.45) is -0.608. The van der Waals surface area contributed by atoms with E-state index in [1.165, 1.54) is 0 Å². The largest absolute Gasteiger partial charge is 0.454 e. The van der Waals surface area contributed by atoms with Crippen LogP contribution in [0.5, 0.6) is 11.5 Å². The summed E-state index contributed by atoms with van der Waals surface area (Å²) in [6, 6.07) is 4.94. The van der Waals surface area contributed by atoms with Crippen LogP contribution in [0.25, 0.3) is 0 Å². The number of nitrogens with zero attached hydrogens (tertiary/aromatic N) is 2. The maximum Gasteiger partial charge on any atom is 0.417 e. The molecule has 9 heteroatoms. The number of benzene rings is 1. The highest BCUT2D eigenvalue weighted by Gasteiger charge is 2.38. The first-order valence-corrected chi connectivity index (χ1v) is 7.53. The molecule has 1 N–H and O–H groups in total. The van der Waals surface area contributed by atoms with Crippen molar-refractivity contribution in [2.45, 2.75) is 0 Å². The molecule has 3 aliphatic rings. The number of hydrogen-bond donors (Lipinski definition) is 1. The van der Waals surface area contributed by atoms with Gasteiger partial charge in [-0.15, -0.1) is 0 Å². The Kier molecular flexibility index (Phi) is 3.40. The molecule has 0 bridgehead atoms. The van der Waals surface area contributed by atoms with Crippen LogP contribution in [0.4, 0.5) is 15.3 Å². The molecule has 0 radical (unpaired) electrons. The minimum atomic E-state index is -0.608. The first-order chi connectivity index (χ1) is 11.6. The predicted octanol–water partition coefficient (Wildman–Crippen LogP) is 0.858. The van der Waals surface area contributed by atoms with Crippen molar-refractivity contribution in [3.8, 4) is 11.5 Å². The van der Waals surface area contributed by atoms with E-state index >= 15 is 0 Å². The first-order valence-electron chi connectivity index (χ1n) is 7.53. The van der Waals surface area contributed by atoms with Gasteiger partial charge in [0.05, 0.1) is 0 Å². The van der Waals surface area contributed by atoms with E-state index in [-0.39, 0.29) is 37.8 Å². The lowest BCUT2D eigenvalue weighted by molar-refractivity contribution is -0.126. The lowest BCUT2D eigenvalue weighted by atomic mass is 10.0. The highest BCUT2D eigenvalue weighted by Crippen LogP contribution is 2.34.